The molecule has 1 atom stereocenters. The van der Waals surface area contributed by atoms with Crippen LogP contribution in [0.25, 0.3) is 0 Å². The molecule has 1 unspecified atom stereocenters. The van der Waals surface area contributed by atoms with Crippen molar-refractivity contribution >= 4 is 6.03 Å². The first-order valence-corrected chi connectivity index (χ1v) is 7.68. The van der Waals surface area contributed by atoms with Crippen LogP contribution in [0.2, 0.25) is 0 Å². The standard InChI is InChI=1S/C15H24N4O/c20-15(18-10-5-16-6-11-18)19-9-3-4-14(13-19)12-17-7-1-2-8-17/h1-2,7-8,14,16H,3-6,9-13H2. The number of amides is 2. The Morgan fingerprint density at radius 2 is 1.85 bits per heavy atom. The molecule has 0 aromatic carbocycles. The molecule has 110 valence electrons. The molecule has 5 heteroatoms. The monoisotopic (exact) mass is 276 g/mol. The predicted octanol–water partition coefficient (Wildman–Crippen LogP) is 1.23. The summed E-state index contributed by atoms with van der Waals surface area (Å²) in [5.74, 6) is 0.586. The molecule has 3 heterocycles. The van der Waals surface area contributed by atoms with E-state index in [2.05, 4.69) is 39.3 Å². The molecule has 5 nitrogen and oxygen atoms in total. The van der Waals surface area contributed by atoms with Crippen molar-refractivity contribution in [2.24, 2.45) is 5.92 Å². The Bertz CT molecular complexity index is 425. The number of hydrogen-bond acceptors (Lipinski definition) is 2. The van der Waals surface area contributed by atoms with Crippen molar-refractivity contribution < 1.29 is 4.79 Å². The van der Waals surface area contributed by atoms with Crippen LogP contribution < -0.4 is 5.32 Å². The van der Waals surface area contributed by atoms with Crippen molar-refractivity contribution in [2.75, 3.05) is 39.3 Å². The molecular weight excluding hydrogens is 252 g/mol. The SMILES string of the molecule is O=C(N1CCNCC1)N1CCCC(Cn2cccc2)C1. The van der Waals surface area contributed by atoms with Crippen LogP contribution in [0.3, 0.4) is 0 Å². The van der Waals surface area contributed by atoms with E-state index in [0.717, 1.165) is 52.2 Å². The number of carbonyl (C=O) groups excluding carboxylic acids is 1. The second-order valence-corrected chi connectivity index (χ2v) is 5.85. The average molecular weight is 276 g/mol. The minimum absolute atomic E-state index is 0.240. The van der Waals surface area contributed by atoms with Gasteiger partial charge in [0.05, 0.1) is 0 Å². The fraction of sp³-hybridized carbons (Fsp3) is 0.667. The summed E-state index contributed by atoms with van der Waals surface area (Å²) < 4.78 is 2.23. The largest absolute Gasteiger partial charge is 0.354 e. The average Bonchev–Trinajstić information content (AvgIpc) is 3.01. The van der Waals surface area contributed by atoms with E-state index in [1.807, 2.05) is 4.90 Å². The van der Waals surface area contributed by atoms with Gasteiger partial charge in [-0.25, -0.2) is 4.79 Å². The van der Waals surface area contributed by atoms with Crippen molar-refractivity contribution in [1.82, 2.24) is 19.7 Å². The lowest BCUT2D eigenvalue weighted by Gasteiger charge is -2.38. The van der Waals surface area contributed by atoms with Crippen LogP contribution in [-0.4, -0.2) is 59.7 Å². The summed E-state index contributed by atoms with van der Waals surface area (Å²) in [6, 6.07) is 4.36. The molecule has 2 saturated heterocycles. The number of urea groups is 1. The molecule has 0 aliphatic carbocycles. The molecule has 1 aromatic rings. The summed E-state index contributed by atoms with van der Waals surface area (Å²) in [7, 11) is 0. The molecule has 2 aliphatic heterocycles. The highest BCUT2D eigenvalue weighted by Gasteiger charge is 2.27. The number of hydrogen-bond donors (Lipinski definition) is 1. The lowest BCUT2D eigenvalue weighted by Crippen LogP contribution is -2.53. The zero-order chi connectivity index (χ0) is 13.8. The van der Waals surface area contributed by atoms with Crippen LogP contribution in [0.1, 0.15) is 12.8 Å². The summed E-state index contributed by atoms with van der Waals surface area (Å²) in [6.45, 7) is 6.39. The molecular formula is C15H24N4O. The van der Waals surface area contributed by atoms with Gasteiger partial charge in [0, 0.05) is 58.2 Å². The number of likely N-dealkylation sites (tertiary alicyclic amines) is 1. The Labute approximate surface area is 120 Å². The van der Waals surface area contributed by atoms with Gasteiger partial charge in [0.25, 0.3) is 0 Å². The van der Waals surface area contributed by atoms with Gasteiger partial charge in [-0.15, -0.1) is 0 Å². The van der Waals surface area contributed by atoms with Crippen LogP contribution in [0.4, 0.5) is 4.79 Å². The van der Waals surface area contributed by atoms with Crippen LogP contribution in [0, 0.1) is 5.92 Å². The van der Waals surface area contributed by atoms with Crippen molar-refractivity contribution in [3.8, 4) is 0 Å². The van der Waals surface area contributed by atoms with Gasteiger partial charge in [0.15, 0.2) is 0 Å². The lowest BCUT2D eigenvalue weighted by atomic mass is 9.98. The molecule has 0 spiro atoms. The Hall–Kier alpha value is -1.49. The maximum atomic E-state index is 12.5. The first kappa shape index (κ1) is 13.5. The van der Waals surface area contributed by atoms with Gasteiger partial charge < -0.3 is 19.7 Å². The number of aromatic nitrogens is 1. The predicted molar refractivity (Wildman–Crippen MR) is 78.6 cm³/mol. The van der Waals surface area contributed by atoms with Gasteiger partial charge in [-0.1, -0.05) is 0 Å². The van der Waals surface area contributed by atoms with E-state index in [9.17, 15) is 4.79 Å². The van der Waals surface area contributed by atoms with Crippen LogP contribution in [0.15, 0.2) is 24.5 Å². The van der Waals surface area contributed by atoms with Gasteiger partial charge in [-0.05, 0) is 30.9 Å². The highest BCUT2D eigenvalue weighted by atomic mass is 16.2. The summed E-state index contributed by atoms with van der Waals surface area (Å²) in [6.07, 6.45) is 6.57. The lowest BCUT2D eigenvalue weighted by molar-refractivity contribution is 0.120. The number of nitrogens with one attached hydrogen (secondary N) is 1. The van der Waals surface area contributed by atoms with Crippen LogP contribution >= 0.6 is 0 Å². The maximum Gasteiger partial charge on any atom is 0.320 e. The summed E-state index contributed by atoms with van der Waals surface area (Å²) in [5, 5.41) is 3.30. The fourth-order valence-electron chi connectivity index (χ4n) is 3.23. The maximum absolute atomic E-state index is 12.5. The minimum Gasteiger partial charge on any atom is -0.354 e. The van der Waals surface area contributed by atoms with E-state index in [4.69, 9.17) is 0 Å². The van der Waals surface area contributed by atoms with Gasteiger partial charge in [0.2, 0.25) is 0 Å². The molecule has 2 fully saturated rings. The second kappa shape index (κ2) is 6.31. The third-order valence-corrected chi connectivity index (χ3v) is 4.31. The highest BCUT2D eigenvalue weighted by Crippen LogP contribution is 2.19. The van der Waals surface area contributed by atoms with Gasteiger partial charge in [0.1, 0.15) is 0 Å². The van der Waals surface area contributed by atoms with Gasteiger partial charge >= 0.3 is 6.03 Å². The highest BCUT2D eigenvalue weighted by molar-refractivity contribution is 5.74. The zero-order valence-corrected chi connectivity index (χ0v) is 12.0. The second-order valence-electron chi connectivity index (χ2n) is 5.85. The molecule has 20 heavy (non-hydrogen) atoms. The van der Waals surface area contributed by atoms with Crippen molar-refractivity contribution in [3.05, 3.63) is 24.5 Å². The van der Waals surface area contributed by atoms with E-state index >= 15 is 0 Å². The summed E-state index contributed by atoms with van der Waals surface area (Å²) >= 11 is 0. The fourth-order valence-corrected chi connectivity index (χ4v) is 3.23. The molecule has 1 aromatic heterocycles. The van der Waals surface area contributed by atoms with Crippen molar-refractivity contribution in [3.63, 3.8) is 0 Å². The Balaban J connectivity index is 1.55. The first-order valence-electron chi connectivity index (χ1n) is 7.68. The Morgan fingerprint density at radius 3 is 2.60 bits per heavy atom. The van der Waals surface area contributed by atoms with Crippen molar-refractivity contribution in [1.29, 1.82) is 0 Å². The zero-order valence-electron chi connectivity index (χ0n) is 12.0. The molecule has 0 saturated carbocycles. The van der Waals surface area contributed by atoms with Gasteiger partial charge in [-0.3, -0.25) is 0 Å². The molecule has 0 bridgehead atoms. The quantitative estimate of drug-likeness (QED) is 0.882. The molecule has 2 aliphatic rings. The minimum atomic E-state index is 0.240. The number of piperidine rings is 1. The van der Waals surface area contributed by atoms with Crippen molar-refractivity contribution in [2.45, 2.75) is 19.4 Å². The Morgan fingerprint density at radius 1 is 1.10 bits per heavy atom. The third kappa shape index (κ3) is 3.15. The summed E-state index contributed by atoms with van der Waals surface area (Å²) in [4.78, 5) is 16.6. The number of nitrogens with zero attached hydrogens (tertiary/aromatic N) is 3. The molecule has 2 amide bonds. The van der Waals surface area contributed by atoms with Gasteiger partial charge in [-0.2, -0.15) is 0 Å². The van der Waals surface area contributed by atoms with Crippen LogP contribution in [-0.2, 0) is 6.54 Å². The molecule has 0 radical (unpaired) electrons. The normalized spacial score (nSPS) is 23.9. The Kier molecular flexibility index (Phi) is 4.25. The number of piperazine rings is 1. The summed E-state index contributed by atoms with van der Waals surface area (Å²) in [5.41, 5.74) is 0. The van der Waals surface area contributed by atoms with E-state index in [0.29, 0.717) is 5.92 Å². The topological polar surface area (TPSA) is 40.5 Å². The van der Waals surface area contributed by atoms with E-state index < -0.39 is 0 Å². The first-order chi connectivity index (χ1) is 9.83. The van der Waals surface area contributed by atoms with E-state index in [-0.39, 0.29) is 6.03 Å². The third-order valence-electron chi connectivity index (χ3n) is 4.31. The molecule has 3 rings (SSSR count). The smallest absolute Gasteiger partial charge is 0.320 e. The molecule has 1 N–H and O–H groups in total. The number of rotatable bonds is 2. The number of carbonyl (C=O) groups is 1. The van der Waals surface area contributed by atoms with E-state index in [1.165, 1.54) is 6.42 Å². The van der Waals surface area contributed by atoms with Crippen LogP contribution in [0.5, 0.6) is 0 Å². The van der Waals surface area contributed by atoms with E-state index in [1.54, 1.807) is 0 Å².